The molecule has 33 heavy (non-hydrogen) atoms. The highest BCUT2D eigenvalue weighted by molar-refractivity contribution is 6.42. The Morgan fingerprint density at radius 2 is 1.82 bits per heavy atom. The molecule has 1 unspecified atom stereocenters. The molecule has 0 aliphatic rings. The van der Waals surface area contributed by atoms with E-state index in [0.29, 0.717) is 21.7 Å². The third-order valence-corrected chi connectivity index (χ3v) is 5.99. The molecule has 0 radical (unpaired) electrons. The van der Waals surface area contributed by atoms with E-state index in [2.05, 4.69) is 10.1 Å². The number of aliphatic hydroxyl groups is 1. The second kappa shape index (κ2) is 8.69. The summed E-state index contributed by atoms with van der Waals surface area (Å²) < 4.78 is 11.1. The lowest BCUT2D eigenvalue weighted by Crippen LogP contribution is -2.38. The molecule has 1 aromatic carbocycles. The van der Waals surface area contributed by atoms with Gasteiger partial charge >= 0.3 is 5.69 Å². The molecule has 10 nitrogen and oxygen atoms in total. The molecule has 0 saturated heterocycles. The van der Waals surface area contributed by atoms with Crippen molar-refractivity contribution in [3.05, 3.63) is 66.5 Å². The maximum atomic E-state index is 13.0. The molecule has 0 spiro atoms. The summed E-state index contributed by atoms with van der Waals surface area (Å²) in [7, 11) is 2.94. The monoisotopic (exact) mass is 492 g/mol. The minimum absolute atomic E-state index is 0.0288. The van der Waals surface area contributed by atoms with Crippen molar-refractivity contribution in [3.63, 3.8) is 0 Å². The fourth-order valence-electron chi connectivity index (χ4n) is 3.62. The first-order chi connectivity index (χ1) is 15.6. The SMILES string of the molecule is Cc1cc(C)n(-c2nc3c(c(=O)n(C)c(=O)n3C)n2CC(O)COc2ccc(Cl)c(Cl)c2)n1. The van der Waals surface area contributed by atoms with Gasteiger partial charge in [-0.05, 0) is 32.0 Å². The zero-order valence-electron chi connectivity index (χ0n) is 18.4. The minimum Gasteiger partial charge on any atom is -0.491 e. The Kier molecular flexibility index (Phi) is 6.08. The third-order valence-electron chi connectivity index (χ3n) is 5.25. The lowest BCUT2D eigenvalue weighted by molar-refractivity contribution is 0.0932. The fraction of sp³-hybridized carbons (Fsp3) is 0.333. The number of halogens is 2. The van der Waals surface area contributed by atoms with Crippen LogP contribution in [0.2, 0.25) is 10.0 Å². The highest BCUT2D eigenvalue weighted by Crippen LogP contribution is 2.26. The van der Waals surface area contributed by atoms with Gasteiger partial charge in [-0.25, -0.2) is 9.48 Å². The van der Waals surface area contributed by atoms with Gasteiger partial charge in [-0.1, -0.05) is 23.2 Å². The Labute approximate surface area is 198 Å². The molecule has 1 atom stereocenters. The highest BCUT2D eigenvalue weighted by Gasteiger charge is 2.23. The number of aryl methyl sites for hydroxylation is 3. The van der Waals surface area contributed by atoms with Gasteiger partial charge in [-0.3, -0.25) is 18.5 Å². The number of fused-ring (bicyclic) bond motifs is 1. The number of hydrogen-bond donors (Lipinski definition) is 1. The highest BCUT2D eigenvalue weighted by atomic mass is 35.5. The molecule has 0 fully saturated rings. The van der Waals surface area contributed by atoms with Crippen LogP contribution in [0.25, 0.3) is 17.1 Å². The van der Waals surface area contributed by atoms with Crippen LogP contribution in [0.4, 0.5) is 0 Å². The van der Waals surface area contributed by atoms with Crippen LogP contribution in [0.15, 0.2) is 33.9 Å². The summed E-state index contributed by atoms with van der Waals surface area (Å²) in [5.74, 6) is 0.749. The Balaban J connectivity index is 1.77. The van der Waals surface area contributed by atoms with E-state index >= 15 is 0 Å². The molecule has 1 N–H and O–H groups in total. The van der Waals surface area contributed by atoms with E-state index < -0.39 is 17.4 Å². The van der Waals surface area contributed by atoms with Crippen LogP contribution in [0.3, 0.4) is 0 Å². The van der Waals surface area contributed by atoms with Crippen LogP contribution in [-0.4, -0.2) is 46.3 Å². The quantitative estimate of drug-likeness (QED) is 0.440. The summed E-state index contributed by atoms with van der Waals surface area (Å²) >= 11 is 11.9. The summed E-state index contributed by atoms with van der Waals surface area (Å²) in [5.41, 5.74) is 0.898. The third kappa shape index (κ3) is 4.17. The van der Waals surface area contributed by atoms with Gasteiger partial charge in [0.15, 0.2) is 11.2 Å². The Hall–Kier alpha value is -3.08. The summed E-state index contributed by atoms with van der Waals surface area (Å²) in [4.78, 5) is 30.0. The van der Waals surface area contributed by atoms with Gasteiger partial charge in [0.05, 0.1) is 22.3 Å². The molecule has 0 aliphatic carbocycles. The maximum absolute atomic E-state index is 13.0. The number of benzene rings is 1. The lowest BCUT2D eigenvalue weighted by Gasteiger charge is -2.16. The molecule has 0 bridgehead atoms. The van der Waals surface area contributed by atoms with Crippen molar-refractivity contribution in [1.82, 2.24) is 28.5 Å². The van der Waals surface area contributed by atoms with Crippen LogP contribution in [0.5, 0.6) is 5.75 Å². The lowest BCUT2D eigenvalue weighted by atomic mass is 10.3. The average molecular weight is 493 g/mol. The van der Waals surface area contributed by atoms with Gasteiger partial charge in [0.25, 0.3) is 5.56 Å². The van der Waals surface area contributed by atoms with Crippen molar-refractivity contribution in [2.24, 2.45) is 14.1 Å². The molecule has 3 heterocycles. The van der Waals surface area contributed by atoms with E-state index in [0.717, 1.165) is 16.0 Å². The Bertz CT molecular complexity index is 1480. The largest absolute Gasteiger partial charge is 0.491 e. The fourth-order valence-corrected chi connectivity index (χ4v) is 3.91. The van der Waals surface area contributed by atoms with E-state index in [-0.39, 0.29) is 24.3 Å². The Morgan fingerprint density at radius 1 is 1.09 bits per heavy atom. The Morgan fingerprint density at radius 3 is 2.45 bits per heavy atom. The topological polar surface area (TPSA) is 109 Å². The van der Waals surface area contributed by atoms with Crippen LogP contribution >= 0.6 is 23.2 Å². The minimum atomic E-state index is -1.02. The zero-order chi connectivity index (χ0) is 24.0. The van der Waals surface area contributed by atoms with Gasteiger partial charge in [0, 0.05) is 25.9 Å². The summed E-state index contributed by atoms with van der Waals surface area (Å²) in [6, 6.07) is 6.65. The molecular weight excluding hydrogens is 471 g/mol. The van der Waals surface area contributed by atoms with Gasteiger partial charge in [-0.15, -0.1) is 0 Å². The molecule has 0 amide bonds. The summed E-state index contributed by atoms with van der Waals surface area (Å²) in [5, 5.41) is 15.9. The van der Waals surface area contributed by atoms with Gasteiger partial charge in [0.2, 0.25) is 5.95 Å². The molecule has 4 rings (SSSR count). The molecule has 174 valence electrons. The summed E-state index contributed by atoms with van der Waals surface area (Å²) in [6.45, 7) is 3.58. The first-order valence-corrected chi connectivity index (χ1v) is 10.8. The van der Waals surface area contributed by atoms with Gasteiger partial charge in [0.1, 0.15) is 18.5 Å². The van der Waals surface area contributed by atoms with Crippen molar-refractivity contribution in [2.75, 3.05) is 6.61 Å². The van der Waals surface area contributed by atoms with E-state index in [9.17, 15) is 14.7 Å². The standard InChI is InChI=1S/C21H22Cl2N6O4/c1-11-7-12(2)29(25-11)20-24-18-17(19(31)27(4)21(32)26(18)3)28(20)9-13(30)10-33-14-5-6-15(22)16(23)8-14/h5-8,13,30H,9-10H2,1-4H3. The smallest absolute Gasteiger partial charge is 0.332 e. The molecule has 3 aromatic heterocycles. The van der Waals surface area contributed by atoms with E-state index in [1.54, 1.807) is 27.4 Å². The normalized spacial score (nSPS) is 12.5. The van der Waals surface area contributed by atoms with Gasteiger partial charge < -0.3 is 9.84 Å². The number of ether oxygens (including phenoxy) is 1. The number of aromatic nitrogens is 6. The second-order valence-electron chi connectivity index (χ2n) is 7.78. The summed E-state index contributed by atoms with van der Waals surface area (Å²) in [6.07, 6.45) is -1.02. The maximum Gasteiger partial charge on any atom is 0.332 e. The number of nitrogens with zero attached hydrogens (tertiary/aromatic N) is 6. The van der Waals surface area contributed by atoms with Crippen LogP contribution in [0, 0.1) is 13.8 Å². The zero-order valence-corrected chi connectivity index (χ0v) is 19.9. The second-order valence-corrected chi connectivity index (χ2v) is 8.59. The van der Waals surface area contributed by atoms with Crippen LogP contribution < -0.4 is 16.0 Å². The van der Waals surface area contributed by atoms with E-state index in [1.165, 1.54) is 18.7 Å². The molecule has 0 saturated carbocycles. The predicted octanol–water partition coefficient (Wildman–Crippen LogP) is 1.98. The number of aliphatic hydroxyl groups excluding tert-OH is 1. The van der Waals surface area contributed by atoms with Crippen molar-refractivity contribution in [2.45, 2.75) is 26.5 Å². The predicted molar refractivity (Wildman–Crippen MR) is 125 cm³/mol. The van der Waals surface area contributed by atoms with Crippen molar-refractivity contribution in [1.29, 1.82) is 0 Å². The van der Waals surface area contributed by atoms with Crippen molar-refractivity contribution >= 4 is 34.4 Å². The molecular formula is C21H22Cl2N6O4. The van der Waals surface area contributed by atoms with E-state index in [1.807, 2.05) is 19.9 Å². The van der Waals surface area contributed by atoms with E-state index in [4.69, 9.17) is 27.9 Å². The van der Waals surface area contributed by atoms with Crippen LogP contribution in [0.1, 0.15) is 11.4 Å². The number of hydrogen-bond acceptors (Lipinski definition) is 6. The van der Waals surface area contributed by atoms with Crippen molar-refractivity contribution in [3.8, 4) is 11.7 Å². The molecule has 0 aliphatic heterocycles. The molecule has 4 aromatic rings. The first-order valence-electron chi connectivity index (χ1n) is 10.0. The molecule has 12 heteroatoms. The van der Waals surface area contributed by atoms with Gasteiger partial charge in [-0.2, -0.15) is 10.1 Å². The first kappa shape index (κ1) is 23.1. The van der Waals surface area contributed by atoms with Crippen molar-refractivity contribution < 1.29 is 9.84 Å². The number of rotatable bonds is 6. The average Bonchev–Trinajstić information content (AvgIpc) is 3.30. The number of imidazole rings is 1. The van der Waals surface area contributed by atoms with Crippen LogP contribution in [-0.2, 0) is 20.6 Å².